The van der Waals surface area contributed by atoms with Crippen LogP contribution in [0.4, 0.5) is 5.69 Å². The maximum atomic E-state index is 13.5. The summed E-state index contributed by atoms with van der Waals surface area (Å²) in [6, 6.07) is 6.53. The zero-order chi connectivity index (χ0) is 18.9. The summed E-state index contributed by atoms with van der Waals surface area (Å²) < 4.78 is 0. The number of anilines is 1. The van der Waals surface area contributed by atoms with Crippen LogP contribution in [0.3, 0.4) is 0 Å². The number of aliphatic hydroxyl groups excluding tert-OH is 1. The van der Waals surface area contributed by atoms with Gasteiger partial charge in [0.2, 0.25) is 17.7 Å². The minimum atomic E-state index is -1.30. The summed E-state index contributed by atoms with van der Waals surface area (Å²) in [7, 11) is 0. The van der Waals surface area contributed by atoms with Crippen molar-refractivity contribution in [1.82, 2.24) is 10.2 Å². The molecule has 1 aliphatic carbocycles. The Morgan fingerprint density at radius 2 is 1.85 bits per heavy atom. The van der Waals surface area contributed by atoms with E-state index in [9.17, 15) is 19.5 Å². The number of carbonyl (C=O) groups is 3. The van der Waals surface area contributed by atoms with Crippen LogP contribution in [-0.4, -0.2) is 45.9 Å². The lowest BCUT2D eigenvalue weighted by atomic mass is 9.76. The number of benzene rings is 1. The van der Waals surface area contributed by atoms with E-state index in [1.807, 2.05) is 18.2 Å². The van der Waals surface area contributed by atoms with Gasteiger partial charge in [-0.15, -0.1) is 0 Å². The predicted molar refractivity (Wildman–Crippen MR) is 96.4 cm³/mol. The zero-order valence-electron chi connectivity index (χ0n) is 15.1. The van der Waals surface area contributed by atoms with Gasteiger partial charge in [-0.25, -0.2) is 0 Å². The van der Waals surface area contributed by atoms with Crippen LogP contribution in [0.1, 0.15) is 38.2 Å². The summed E-state index contributed by atoms with van der Waals surface area (Å²) in [5.74, 6) is -2.40. The molecule has 5 atom stereocenters. The molecule has 1 aromatic carbocycles. The number of para-hydroxylation sites is 1. The van der Waals surface area contributed by atoms with E-state index in [-0.39, 0.29) is 23.8 Å². The highest BCUT2D eigenvalue weighted by Crippen LogP contribution is 2.54. The fourth-order valence-electron chi connectivity index (χ4n) is 5.65. The largest absolute Gasteiger partial charge is 0.392 e. The molecule has 7 heteroatoms. The van der Waals surface area contributed by atoms with Crippen LogP contribution >= 0.6 is 0 Å². The third kappa shape index (κ3) is 2.01. The lowest BCUT2D eigenvalue weighted by Gasteiger charge is -2.31. The number of likely N-dealkylation sites (tertiary alicyclic amines) is 1. The molecule has 27 heavy (non-hydrogen) atoms. The van der Waals surface area contributed by atoms with Crippen LogP contribution in [0.5, 0.6) is 0 Å². The molecule has 7 nitrogen and oxygen atoms in total. The van der Waals surface area contributed by atoms with Crippen molar-refractivity contribution in [3.8, 4) is 0 Å². The Kier molecular flexibility index (Phi) is 3.52. The molecule has 3 fully saturated rings. The van der Waals surface area contributed by atoms with Crippen LogP contribution < -0.4 is 10.6 Å². The molecule has 2 saturated heterocycles. The molecule has 3 unspecified atom stereocenters. The summed E-state index contributed by atoms with van der Waals surface area (Å²) in [4.78, 5) is 41.3. The fraction of sp³-hybridized carbons (Fsp3) is 0.550. The van der Waals surface area contributed by atoms with Crippen LogP contribution in [0.25, 0.3) is 0 Å². The van der Waals surface area contributed by atoms with Crippen molar-refractivity contribution in [3.05, 3.63) is 29.8 Å². The van der Waals surface area contributed by atoms with Gasteiger partial charge in [-0.1, -0.05) is 31.0 Å². The molecule has 1 spiro atoms. The van der Waals surface area contributed by atoms with Crippen molar-refractivity contribution in [2.75, 3.05) is 5.32 Å². The Balaban J connectivity index is 1.66. The van der Waals surface area contributed by atoms with E-state index in [0.717, 1.165) is 25.7 Å². The summed E-state index contributed by atoms with van der Waals surface area (Å²) in [5.41, 5.74) is 0.0327. The van der Waals surface area contributed by atoms with Crippen molar-refractivity contribution in [3.63, 3.8) is 0 Å². The van der Waals surface area contributed by atoms with Gasteiger partial charge in [0.1, 0.15) is 5.54 Å². The first-order valence-electron chi connectivity index (χ1n) is 9.70. The zero-order valence-corrected chi connectivity index (χ0v) is 15.1. The smallest absolute Gasteiger partial charge is 0.250 e. The number of amides is 3. The standard InChI is InChI=1S/C20H23N3O4/c1-10(24)16-14-15(18(26)23(17(14)25)11-6-2-3-7-11)20(22-16)12-8-4-5-9-13(12)21-19(20)27/h4-5,8-11,14-16,22,24H,2-3,6-7H2,1H3,(H,21,27)/t10?,14-,15-,16?,20?/m0/s1. The molecule has 3 heterocycles. The first kappa shape index (κ1) is 16.9. The average Bonchev–Trinajstić information content (AvgIpc) is 3.37. The highest BCUT2D eigenvalue weighted by atomic mass is 16.3. The van der Waals surface area contributed by atoms with Gasteiger partial charge < -0.3 is 10.4 Å². The van der Waals surface area contributed by atoms with Crippen molar-refractivity contribution < 1.29 is 19.5 Å². The Labute approximate surface area is 157 Å². The van der Waals surface area contributed by atoms with E-state index in [1.54, 1.807) is 13.0 Å². The second-order valence-corrected chi connectivity index (χ2v) is 8.21. The number of aliphatic hydroxyl groups is 1. The van der Waals surface area contributed by atoms with Gasteiger partial charge in [-0.05, 0) is 25.8 Å². The van der Waals surface area contributed by atoms with Crippen molar-refractivity contribution >= 4 is 23.4 Å². The molecular weight excluding hydrogens is 346 g/mol. The Bertz CT molecular complexity index is 847. The second-order valence-electron chi connectivity index (χ2n) is 8.21. The number of nitrogens with zero attached hydrogens (tertiary/aromatic N) is 1. The molecule has 0 radical (unpaired) electrons. The Morgan fingerprint density at radius 1 is 1.15 bits per heavy atom. The summed E-state index contributed by atoms with van der Waals surface area (Å²) in [6.07, 6.45) is 2.78. The van der Waals surface area contributed by atoms with Gasteiger partial charge in [-0.2, -0.15) is 0 Å². The molecule has 142 valence electrons. The minimum Gasteiger partial charge on any atom is -0.392 e. The molecule has 3 N–H and O–H groups in total. The van der Waals surface area contributed by atoms with Crippen LogP contribution in [0.2, 0.25) is 0 Å². The van der Waals surface area contributed by atoms with Crippen molar-refractivity contribution in [2.45, 2.75) is 56.3 Å². The SMILES string of the molecule is CC(O)C1NC2(C(=O)Nc3ccccc32)[C@@H]2C(=O)N(C3CCCC3)C(=O)[C@H]12. The molecule has 5 rings (SSSR count). The number of rotatable bonds is 2. The number of hydrogen-bond donors (Lipinski definition) is 3. The molecule has 1 aromatic rings. The Hall–Kier alpha value is -2.25. The van der Waals surface area contributed by atoms with Gasteiger partial charge in [0.15, 0.2) is 0 Å². The van der Waals surface area contributed by atoms with E-state index in [1.165, 1.54) is 4.90 Å². The third-order valence-electron chi connectivity index (χ3n) is 6.80. The average molecular weight is 369 g/mol. The lowest BCUT2D eigenvalue weighted by Crippen LogP contribution is -2.55. The fourth-order valence-corrected chi connectivity index (χ4v) is 5.65. The van der Waals surface area contributed by atoms with E-state index >= 15 is 0 Å². The lowest BCUT2D eigenvalue weighted by molar-refractivity contribution is -0.145. The summed E-state index contributed by atoms with van der Waals surface area (Å²) in [5, 5.41) is 16.4. The maximum absolute atomic E-state index is 13.5. The third-order valence-corrected chi connectivity index (χ3v) is 6.80. The molecular formula is C20H23N3O4. The number of hydrogen-bond acceptors (Lipinski definition) is 5. The number of fused-ring (bicyclic) bond motifs is 4. The molecule has 1 saturated carbocycles. The summed E-state index contributed by atoms with van der Waals surface area (Å²) >= 11 is 0. The highest BCUT2D eigenvalue weighted by Gasteiger charge is 2.71. The predicted octanol–water partition coefficient (Wildman–Crippen LogP) is 0.730. The number of imide groups is 1. The van der Waals surface area contributed by atoms with Gasteiger partial charge in [0.05, 0.1) is 17.9 Å². The highest BCUT2D eigenvalue weighted by molar-refractivity contribution is 6.15. The number of carbonyl (C=O) groups excluding carboxylic acids is 3. The second kappa shape index (κ2) is 5.62. The molecule has 3 aliphatic heterocycles. The van der Waals surface area contributed by atoms with E-state index in [4.69, 9.17) is 0 Å². The van der Waals surface area contributed by atoms with E-state index < -0.39 is 29.5 Å². The van der Waals surface area contributed by atoms with Gasteiger partial charge in [0, 0.05) is 23.3 Å². The van der Waals surface area contributed by atoms with E-state index in [2.05, 4.69) is 10.6 Å². The van der Waals surface area contributed by atoms with Gasteiger partial charge >= 0.3 is 0 Å². The summed E-state index contributed by atoms with van der Waals surface area (Å²) in [6.45, 7) is 1.60. The quantitative estimate of drug-likeness (QED) is 0.668. The number of nitrogens with one attached hydrogen (secondary N) is 2. The topological polar surface area (TPSA) is 98.7 Å². The van der Waals surface area contributed by atoms with Crippen molar-refractivity contribution in [1.29, 1.82) is 0 Å². The van der Waals surface area contributed by atoms with Crippen LogP contribution in [0, 0.1) is 11.8 Å². The van der Waals surface area contributed by atoms with Crippen LogP contribution in [0.15, 0.2) is 24.3 Å². The minimum absolute atomic E-state index is 0.0815. The normalized spacial score (nSPS) is 36.4. The van der Waals surface area contributed by atoms with E-state index in [0.29, 0.717) is 11.3 Å². The maximum Gasteiger partial charge on any atom is 0.250 e. The first-order valence-corrected chi connectivity index (χ1v) is 9.70. The van der Waals surface area contributed by atoms with Crippen molar-refractivity contribution in [2.24, 2.45) is 11.8 Å². The monoisotopic (exact) mass is 369 g/mol. The molecule has 3 amide bonds. The molecule has 0 bridgehead atoms. The molecule has 0 aromatic heterocycles. The molecule has 4 aliphatic rings. The van der Waals surface area contributed by atoms with Gasteiger partial charge in [0.25, 0.3) is 0 Å². The van der Waals surface area contributed by atoms with Gasteiger partial charge in [-0.3, -0.25) is 24.6 Å². The van der Waals surface area contributed by atoms with Crippen LogP contribution in [-0.2, 0) is 19.9 Å². The Morgan fingerprint density at radius 3 is 2.56 bits per heavy atom. The first-order chi connectivity index (χ1) is 13.0.